The Morgan fingerprint density at radius 2 is 2.00 bits per heavy atom. The number of anilines is 1. The lowest BCUT2D eigenvalue weighted by atomic mass is 9.91. The third kappa shape index (κ3) is 3.05. The first-order valence-electron chi connectivity index (χ1n) is 8.39. The molecule has 1 aliphatic heterocycles. The zero-order valence-electron chi connectivity index (χ0n) is 14.0. The van der Waals surface area contributed by atoms with Gasteiger partial charge in [-0.2, -0.15) is 5.10 Å². The van der Waals surface area contributed by atoms with Crippen LogP contribution in [0.1, 0.15) is 24.3 Å². The van der Waals surface area contributed by atoms with Crippen LogP contribution in [-0.4, -0.2) is 32.8 Å². The van der Waals surface area contributed by atoms with E-state index in [1.165, 1.54) is 11.6 Å². The summed E-state index contributed by atoms with van der Waals surface area (Å²) in [6.45, 7) is 1.90. The van der Waals surface area contributed by atoms with Crippen molar-refractivity contribution in [3.63, 3.8) is 0 Å². The number of nitrogens with zero attached hydrogens (tertiary/aromatic N) is 5. The van der Waals surface area contributed by atoms with Crippen molar-refractivity contribution in [2.45, 2.75) is 18.8 Å². The molecule has 0 spiro atoms. The van der Waals surface area contributed by atoms with Crippen LogP contribution in [0, 0.1) is 10.1 Å². The van der Waals surface area contributed by atoms with Gasteiger partial charge in [-0.15, -0.1) is 0 Å². The van der Waals surface area contributed by atoms with Crippen molar-refractivity contribution >= 4 is 22.4 Å². The summed E-state index contributed by atoms with van der Waals surface area (Å²) in [5.41, 5.74) is 2.19. The summed E-state index contributed by atoms with van der Waals surface area (Å²) >= 11 is 0. The molecule has 2 aromatic heterocycles. The number of aryl methyl sites for hydroxylation is 1. The second-order valence-corrected chi connectivity index (χ2v) is 6.51. The minimum absolute atomic E-state index is 0.0966. The van der Waals surface area contributed by atoms with Crippen LogP contribution in [0.3, 0.4) is 0 Å². The summed E-state index contributed by atoms with van der Waals surface area (Å²) in [6.07, 6.45) is 6.21. The normalized spacial score (nSPS) is 15.6. The Kier molecular flexibility index (Phi) is 3.83. The van der Waals surface area contributed by atoms with Crippen molar-refractivity contribution in [2.75, 3.05) is 18.0 Å². The molecular formula is C18H19N5O2. The second-order valence-electron chi connectivity index (χ2n) is 6.51. The molecule has 1 saturated heterocycles. The SMILES string of the molecule is Cn1cc(C2CCN(c3ccc4cc([N+](=O)[O-])ccc4n3)CC2)cn1. The van der Waals surface area contributed by atoms with E-state index >= 15 is 0 Å². The number of aromatic nitrogens is 3. The average Bonchev–Trinajstić information content (AvgIpc) is 3.07. The van der Waals surface area contributed by atoms with E-state index in [-0.39, 0.29) is 10.6 Å². The van der Waals surface area contributed by atoms with Gasteiger partial charge < -0.3 is 4.90 Å². The lowest BCUT2D eigenvalue weighted by Crippen LogP contribution is -2.33. The molecule has 25 heavy (non-hydrogen) atoms. The predicted molar refractivity (Wildman–Crippen MR) is 95.8 cm³/mol. The lowest BCUT2D eigenvalue weighted by Gasteiger charge is -2.32. The Balaban J connectivity index is 1.51. The van der Waals surface area contributed by atoms with Crippen LogP contribution in [0.5, 0.6) is 0 Å². The molecule has 128 valence electrons. The fraction of sp³-hybridized carbons (Fsp3) is 0.333. The molecule has 7 nitrogen and oxygen atoms in total. The zero-order chi connectivity index (χ0) is 17.4. The van der Waals surface area contributed by atoms with Gasteiger partial charge in [0.1, 0.15) is 5.82 Å². The maximum atomic E-state index is 10.9. The van der Waals surface area contributed by atoms with E-state index in [1.807, 2.05) is 30.1 Å². The van der Waals surface area contributed by atoms with Crippen LogP contribution < -0.4 is 4.90 Å². The fourth-order valence-corrected chi connectivity index (χ4v) is 3.48. The number of nitro benzene ring substituents is 1. The molecule has 0 saturated carbocycles. The molecule has 0 N–H and O–H groups in total. The van der Waals surface area contributed by atoms with Gasteiger partial charge in [0, 0.05) is 43.9 Å². The lowest BCUT2D eigenvalue weighted by molar-refractivity contribution is -0.384. The van der Waals surface area contributed by atoms with Gasteiger partial charge in [0.15, 0.2) is 0 Å². The molecular weight excluding hydrogens is 318 g/mol. The number of nitro groups is 1. The standard InChI is InChI=1S/C18H19N5O2/c1-21-12-15(11-19-21)13-6-8-22(9-7-13)18-5-2-14-10-16(23(24)25)3-4-17(14)20-18/h2-5,10-13H,6-9H2,1H3. The Bertz CT molecular complexity index is 928. The summed E-state index contributed by atoms with van der Waals surface area (Å²) in [5.74, 6) is 1.49. The third-order valence-corrected chi connectivity index (χ3v) is 4.88. The van der Waals surface area contributed by atoms with Gasteiger partial charge in [0.05, 0.1) is 16.6 Å². The van der Waals surface area contributed by atoms with Gasteiger partial charge >= 0.3 is 0 Å². The van der Waals surface area contributed by atoms with Crippen molar-refractivity contribution in [3.8, 4) is 0 Å². The maximum Gasteiger partial charge on any atom is 0.270 e. The third-order valence-electron chi connectivity index (χ3n) is 4.88. The Morgan fingerprint density at radius 3 is 2.68 bits per heavy atom. The van der Waals surface area contributed by atoms with E-state index in [4.69, 9.17) is 0 Å². The van der Waals surface area contributed by atoms with Crippen molar-refractivity contribution in [2.24, 2.45) is 7.05 Å². The van der Waals surface area contributed by atoms with E-state index in [9.17, 15) is 10.1 Å². The number of rotatable bonds is 3. The molecule has 0 aliphatic carbocycles. The van der Waals surface area contributed by atoms with Crippen molar-refractivity contribution in [1.29, 1.82) is 0 Å². The minimum atomic E-state index is -0.378. The number of non-ortho nitro benzene ring substituents is 1. The van der Waals surface area contributed by atoms with Crippen molar-refractivity contribution in [3.05, 3.63) is 58.4 Å². The topological polar surface area (TPSA) is 77.1 Å². The highest BCUT2D eigenvalue weighted by Crippen LogP contribution is 2.30. The summed E-state index contributed by atoms with van der Waals surface area (Å²) in [4.78, 5) is 17.5. The van der Waals surface area contributed by atoms with Gasteiger partial charge in [0.2, 0.25) is 0 Å². The van der Waals surface area contributed by atoms with Crippen LogP contribution >= 0.6 is 0 Å². The molecule has 3 heterocycles. The number of hydrogen-bond donors (Lipinski definition) is 0. The van der Waals surface area contributed by atoms with Gasteiger partial charge in [-0.25, -0.2) is 4.98 Å². The number of fused-ring (bicyclic) bond motifs is 1. The Morgan fingerprint density at radius 1 is 1.20 bits per heavy atom. The molecule has 3 aromatic rings. The number of benzene rings is 1. The second kappa shape index (κ2) is 6.16. The van der Waals surface area contributed by atoms with E-state index < -0.39 is 0 Å². The van der Waals surface area contributed by atoms with Gasteiger partial charge in [0.25, 0.3) is 5.69 Å². The zero-order valence-corrected chi connectivity index (χ0v) is 14.0. The van der Waals surface area contributed by atoms with Crippen LogP contribution in [0.4, 0.5) is 11.5 Å². The van der Waals surface area contributed by atoms with Crippen LogP contribution in [-0.2, 0) is 7.05 Å². The van der Waals surface area contributed by atoms with Gasteiger partial charge in [-0.3, -0.25) is 14.8 Å². The Labute approximate surface area is 145 Å². The van der Waals surface area contributed by atoms with E-state index in [2.05, 4.69) is 21.2 Å². The monoisotopic (exact) mass is 337 g/mol. The minimum Gasteiger partial charge on any atom is -0.357 e. The molecule has 7 heteroatoms. The van der Waals surface area contributed by atoms with Crippen molar-refractivity contribution in [1.82, 2.24) is 14.8 Å². The summed E-state index contributed by atoms with van der Waals surface area (Å²) < 4.78 is 1.85. The average molecular weight is 337 g/mol. The van der Waals surface area contributed by atoms with E-state index in [0.717, 1.165) is 42.7 Å². The molecule has 0 atom stereocenters. The number of piperidine rings is 1. The fourth-order valence-electron chi connectivity index (χ4n) is 3.48. The Hall–Kier alpha value is -2.96. The first kappa shape index (κ1) is 15.6. The molecule has 0 amide bonds. The quantitative estimate of drug-likeness (QED) is 0.541. The molecule has 0 radical (unpaired) electrons. The molecule has 1 aliphatic rings. The van der Waals surface area contributed by atoms with Crippen LogP contribution in [0.25, 0.3) is 10.9 Å². The predicted octanol–water partition coefficient (Wildman–Crippen LogP) is 3.26. The number of hydrogen-bond acceptors (Lipinski definition) is 5. The first-order valence-corrected chi connectivity index (χ1v) is 8.39. The molecule has 0 bridgehead atoms. The van der Waals surface area contributed by atoms with Crippen molar-refractivity contribution < 1.29 is 4.92 Å². The highest BCUT2D eigenvalue weighted by Gasteiger charge is 2.22. The smallest absolute Gasteiger partial charge is 0.270 e. The van der Waals surface area contributed by atoms with Gasteiger partial charge in [-0.05, 0) is 42.5 Å². The largest absolute Gasteiger partial charge is 0.357 e. The highest BCUT2D eigenvalue weighted by atomic mass is 16.6. The molecule has 1 aromatic carbocycles. The van der Waals surface area contributed by atoms with E-state index in [0.29, 0.717) is 5.92 Å². The molecule has 0 unspecified atom stereocenters. The number of pyridine rings is 1. The molecule has 1 fully saturated rings. The van der Waals surface area contributed by atoms with Crippen LogP contribution in [0.15, 0.2) is 42.7 Å². The van der Waals surface area contributed by atoms with E-state index in [1.54, 1.807) is 12.1 Å². The maximum absolute atomic E-state index is 10.9. The molecule has 4 rings (SSSR count). The first-order chi connectivity index (χ1) is 12.1. The summed E-state index contributed by atoms with van der Waals surface area (Å²) in [6, 6.07) is 8.67. The summed E-state index contributed by atoms with van der Waals surface area (Å²) in [5, 5.41) is 15.9. The van der Waals surface area contributed by atoms with Gasteiger partial charge in [-0.1, -0.05) is 0 Å². The van der Waals surface area contributed by atoms with Crippen LogP contribution in [0.2, 0.25) is 0 Å². The highest BCUT2D eigenvalue weighted by molar-refractivity contribution is 5.82. The summed E-state index contributed by atoms with van der Waals surface area (Å²) in [7, 11) is 1.95.